The zero-order valence-electron chi connectivity index (χ0n) is 34.2. The number of rotatable bonds is 8. The molecule has 2 atom stereocenters. The highest BCUT2D eigenvalue weighted by molar-refractivity contribution is 6.00. The van der Waals surface area contributed by atoms with E-state index in [1.165, 1.54) is 50.3 Å². The standard InChI is InChI=1S/C57H45N5/c58-55(40-18-6-2-7-19-40)61-56(60-37-39-16-4-1-5-17-39)45-23-15-22-43(35-45)41-20-14-21-42(34-41)44-30-31-48-47-26-10-11-27-49(47)57(51(48)36-44)50-28-12-13-29-53(50)62(46-24-8-3-9-25-46)54-32-33-59-38-52(54)57/h1-36,55,59H,37-38,58H2,(H,60,61). The number of nitrogens with one attached hydrogen (secondary N) is 2. The second kappa shape index (κ2) is 15.7. The number of hydrogen-bond acceptors (Lipinski definition) is 4. The van der Waals surface area contributed by atoms with Crippen molar-refractivity contribution in [2.24, 2.45) is 10.7 Å². The molecule has 2 heterocycles. The second-order valence-electron chi connectivity index (χ2n) is 16.2. The lowest BCUT2D eigenvalue weighted by Crippen LogP contribution is -2.43. The number of benzene rings is 8. The summed E-state index contributed by atoms with van der Waals surface area (Å²) in [6, 6.07) is 73.9. The normalized spacial score (nSPS) is 16.5. The molecule has 8 aromatic carbocycles. The molecule has 62 heavy (non-hydrogen) atoms. The Kier molecular flexibility index (Phi) is 9.44. The minimum Gasteiger partial charge on any atom is -0.387 e. The molecule has 5 heteroatoms. The Morgan fingerprint density at radius 2 is 1.23 bits per heavy atom. The summed E-state index contributed by atoms with van der Waals surface area (Å²) < 4.78 is 0. The molecule has 1 spiro atoms. The van der Waals surface area contributed by atoms with Gasteiger partial charge in [-0.1, -0.05) is 170 Å². The molecule has 5 nitrogen and oxygen atoms in total. The molecule has 0 fully saturated rings. The van der Waals surface area contributed by atoms with E-state index in [9.17, 15) is 0 Å². The molecule has 4 N–H and O–H groups in total. The van der Waals surface area contributed by atoms with Crippen LogP contribution in [0.2, 0.25) is 0 Å². The van der Waals surface area contributed by atoms with E-state index in [0.717, 1.165) is 51.4 Å². The fraction of sp³-hybridized carbons (Fsp3) is 0.0702. The second-order valence-corrected chi connectivity index (χ2v) is 16.2. The molecule has 2 aliphatic heterocycles. The van der Waals surface area contributed by atoms with E-state index in [1.54, 1.807) is 0 Å². The van der Waals surface area contributed by atoms with Gasteiger partial charge in [-0.2, -0.15) is 0 Å². The van der Waals surface area contributed by atoms with Crippen LogP contribution in [-0.4, -0.2) is 12.4 Å². The van der Waals surface area contributed by atoms with Crippen molar-refractivity contribution < 1.29 is 0 Å². The number of hydrogen-bond donors (Lipinski definition) is 3. The molecule has 0 saturated carbocycles. The molecule has 0 amide bonds. The predicted molar refractivity (Wildman–Crippen MR) is 255 cm³/mol. The molecule has 298 valence electrons. The first-order valence-corrected chi connectivity index (χ1v) is 21.4. The smallest absolute Gasteiger partial charge is 0.130 e. The molecule has 0 bridgehead atoms. The van der Waals surface area contributed by atoms with E-state index < -0.39 is 11.6 Å². The SMILES string of the molecule is NC(N/C(=N\Cc1ccccc1)c1cccc(-c2cccc(-c3ccc4c(c3)C3(C5=C(C=CNC5)N(c5ccccc5)c5ccccc53)c3ccccc3-4)c2)c1)c1ccccc1. The minimum atomic E-state index is -0.494. The number of allylic oxidation sites excluding steroid dienone is 1. The number of amidine groups is 1. The predicted octanol–water partition coefficient (Wildman–Crippen LogP) is 12.1. The average molecular weight is 800 g/mol. The van der Waals surface area contributed by atoms with Crippen molar-refractivity contribution in [1.82, 2.24) is 10.6 Å². The lowest BCUT2D eigenvalue weighted by molar-refractivity contribution is 0.667. The zero-order chi connectivity index (χ0) is 41.5. The van der Waals surface area contributed by atoms with E-state index in [1.807, 2.05) is 48.5 Å². The topological polar surface area (TPSA) is 65.7 Å². The third-order valence-electron chi connectivity index (χ3n) is 12.6. The maximum atomic E-state index is 6.75. The largest absolute Gasteiger partial charge is 0.387 e. The van der Waals surface area contributed by atoms with Gasteiger partial charge in [0.2, 0.25) is 0 Å². The maximum Gasteiger partial charge on any atom is 0.130 e. The van der Waals surface area contributed by atoms with Crippen molar-refractivity contribution in [1.29, 1.82) is 0 Å². The van der Waals surface area contributed by atoms with Crippen LogP contribution < -0.4 is 21.3 Å². The molecular weight excluding hydrogens is 755 g/mol. The molecule has 3 aliphatic rings. The van der Waals surface area contributed by atoms with Gasteiger partial charge in [-0.15, -0.1) is 0 Å². The first kappa shape index (κ1) is 37.3. The van der Waals surface area contributed by atoms with Crippen LogP contribution in [-0.2, 0) is 12.0 Å². The van der Waals surface area contributed by atoms with Crippen molar-refractivity contribution in [2.45, 2.75) is 18.1 Å². The van der Waals surface area contributed by atoms with Crippen LogP contribution in [0.3, 0.4) is 0 Å². The Bertz CT molecular complexity index is 3040. The quantitative estimate of drug-likeness (QED) is 0.0814. The number of dihydropyridines is 1. The molecule has 1 aliphatic carbocycles. The molecule has 2 unspecified atom stereocenters. The summed E-state index contributed by atoms with van der Waals surface area (Å²) >= 11 is 0. The fourth-order valence-corrected chi connectivity index (χ4v) is 9.82. The Morgan fingerprint density at radius 3 is 2.02 bits per heavy atom. The summed E-state index contributed by atoms with van der Waals surface area (Å²) in [6.07, 6.45) is 3.94. The van der Waals surface area contributed by atoms with Gasteiger partial charge in [0.25, 0.3) is 0 Å². The van der Waals surface area contributed by atoms with E-state index in [2.05, 4.69) is 186 Å². The number of aliphatic imine (C=N–C) groups is 1. The number of para-hydroxylation sites is 2. The Morgan fingerprint density at radius 1 is 0.597 bits per heavy atom. The summed E-state index contributed by atoms with van der Waals surface area (Å²) in [7, 11) is 0. The highest BCUT2D eigenvalue weighted by atomic mass is 15.2. The van der Waals surface area contributed by atoms with Crippen molar-refractivity contribution in [3.63, 3.8) is 0 Å². The monoisotopic (exact) mass is 799 g/mol. The molecule has 0 radical (unpaired) electrons. The Hall–Kier alpha value is -7.73. The lowest BCUT2D eigenvalue weighted by Gasteiger charge is -2.47. The number of nitrogens with zero attached hydrogens (tertiary/aromatic N) is 2. The van der Waals surface area contributed by atoms with Crippen LogP contribution in [0.4, 0.5) is 11.4 Å². The maximum absolute atomic E-state index is 6.75. The van der Waals surface area contributed by atoms with Crippen LogP contribution in [0.15, 0.2) is 235 Å². The molecule has 0 saturated heterocycles. The number of nitrogens with two attached hydrogens (primary N) is 1. The number of fused-ring (bicyclic) bond motifs is 8. The zero-order valence-corrected chi connectivity index (χ0v) is 34.2. The van der Waals surface area contributed by atoms with Gasteiger partial charge in [0, 0.05) is 17.8 Å². The van der Waals surface area contributed by atoms with Crippen LogP contribution >= 0.6 is 0 Å². The Labute approximate surface area is 363 Å². The third kappa shape index (κ3) is 6.34. The summed E-state index contributed by atoms with van der Waals surface area (Å²) in [5.41, 5.74) is 25.4. The van der Waals surface area contributed by atoms with Gasteiger partial charge in [0.15, 0.2) is 0 Å². The van der Waals surface area contributed by atoms with E-state index in [4.69, 9.17) is 10.7 Å². The van der Waals surface area contributed by atoms with E-state index in [-0.39, 0.29) is 0 Å². The van der Waals surface area contributed by atoms with Gasteiger partial charge in [0.1, 0.15) is 12.0 Å². The lowest BCUT2D eigenvalue weighted by atomic mass is 9.63. The summed E-state index contributed by atoms with van der Waals surface area (Å²) in [5, 5.41) is 7.18. The fourth-order valence-electron chi connectivity index (χ4n) is 9.82. The average Bonchev–Trinajstić information content (AvgIpc) is 3.64. The van der Waals surface area contributed by atoms with Gasteiger partial charge in [0.05, 0.1) is 23.3 Å². The van der Waals surface area contributed by atoms with Crippen LogP contribution in [0.25, 0.3) is 33.4 Å². The van der Waals surface area contributed by atoms with Crippen molar-refractivity contribution in [3.05, 3.63) is 263 Å². The Balaban J connectivity index is 1.01. The van der Waals surface area contributed by atoms with Crippen LogP contribution in [0.5, 0.6) is 0 Å². The molecule has 11 rings (SSSR count). The van der Waals surface area contributed by atoms with Crippen LogP contribution in [0.1, 0.15) is 39.5 Å². The van der Waals surface area contributed by atoms with Crippen molar-refractivity contribution in [3.8, 4) is 33.4 Å². The molecule has 0 aromatic heterocycles. The highest BCUT2D eigenvalue weighted by Gasteiger charge is 2.52. The van der Waals surface area contributed by atoms with Gasteiger partial charge >= 0.3 is 0 Å². The van der Waals surface area contributed by atoms with Gasteiger partial charge < -0.3 is 21.3 Å². The summed E-state index contributed by atoms with van der Waals surface area (Å²) in [6.45, 7) is 1.27. The van der Waals surface area contributed by atoms with E-state index >= 15 is 0 Å². The summed E-state index contributed by atoms with van der Waals surface area (Å²) in [5.74, 6) is 0.756. The summed E-state index contributed by atoms with van der Waals surface area (Å²) in [4.78, 5) is 7.54. The van der Waals surface area contributed by atoms with E-state index in [0.29, 0.717) is 6.54 Å². The first-order valence-electron chi connectivity index (χ1n) is 21.4. The van der Waals surface area contributed by atoms with Crippen molar-refractivity contribution in [2.75, 3.05) is 11.4 Å². The first-order chi connectivity index (χ1) is 30.7. The van der Waals surface area contributed by atoms with Crippen molar-refractivity contribution >= 4 is 17.2 Å². The highest BCUT2D eigenvalue weighted by Crippen LogP contribution is 2.62. The van der Waals surface area contributed by atoms with Gasteiger partial charge in [-0.3, -0.25) is 4.99 Å². The van der Waals surface area contributed by atoms with Crippen LogP contribution in [0, 0.1) is 0 Å². The minimum absolute atomic E-state index is 0.420. The van der Waals surface area contributed by atoms with Gasteiger partial charge in [-0.05, 0) is 115 Å². The molecule has 8 aromatic rings. The third-order valence-corrected chi connectivity index (χ3v) is 12.6. The van der Waals surface area contributed by atoms with Gasteiger partial charge in [-0.25, -0.2) is 0 Å². The number of anilines is 2. The molecular formula is C57H45N5.